The van der Waals surface area contributed by atoms with Crippen LogP contribution in [0, 0.1) is 6.57 Å². The van der Waals surface area contributed by atoms with E-state index < -0.39 is 0 Å². The van der Waals surface area contributed by atoms with Crippen LogP contribution in [0.1, 0.15) is 24.9 Å². The van der Waals surface area contributed by atoms with Crippen molar-refractivity contribution in [3.63, 3.8) is 0 Å². The summed E-state index contributed by atoms with van der Waals surface area (Å²) in [6.45, 7) is 10.7. The lowest BCUT2D eigenvalue weighted by Gasteiger charge is -2.16. The molecule has 8 nitrogen and oxygen atoms in total. The summed E-state index contributed by atoms with van der Waals surface area (Å²) in [5.74, 6) is 1.21. The van der Waals surface area contributed by atoms with Gasteiger partial charge in [0.05, 0.1) is 37.3 Å². The molecule has 182 valence electrons. The monoisotopic (exact) mass is 480 g/mol. The van der Waals surface area contributed by atoms with Crippen LogP contribution in [-0.2, 0) is 0 Å². The van der Waals surface area contributed by atoms with Gasteiger partial charge in [-0.1, -0.05) is 36.4 Å². The van der Waals surface area contributed by atoms with Crippen molar-refractivity contribution in [1.29, 1.82) is 0 Å². The number of hydrogen-bond acceptors (Lipinski definition) is 6. The van der Waals surface area contributed by atoms with Crippen LogP contribution in [0.2, 0.25) is 0 Å². The van der Waals surface area contributed by atoms with E-state index in [4.69, 9.17) is 11.3 Å². The number of nitrogens with zero attached hydrogens (tertiary/aromatic N) is 6. The Balaban J connectivity index is 1.54. The highest BCUT2D eigenvalue weighted by Crippen LogP contribution is 2.25. The SMILES string of the molecule is [C-]#[N+]c1cccc(-c2ccc(=O)n(C(C)c3cccc(-c4ncc(OCCCN(C)C)cn4)c3)n2)c1. The molecule has 2 aromatic carbocycles. The van der Waals surface area contributed by atoms with Crippen LogP contribution in [0.25, 0.3) is 27.5 Å². The first-order valence-electron chi connectivity index (χ1n) is 11.7. The first-order valence-corrected chi connectivity index (χ1v) is 11.7. The van der Waals surface area contributed by atoms with E-state index >= 15 is 0 Å². The highest BCUT2D eigenvalue weighted by molar-refractivity contribution is 5.65. The molecule has 0 spiro atoms. The first kappa shape index (κ1) is 24.8. The molecule has 4 rings (SSSR count). The normalized spacial score (nSPS) is 11.8. The number of benzene rings is 2. The molecule has 0 amide bonds. The van der Waals surface area contributed by atoms with Crippen LogP contribution < -0.4 is 10.3 Å². The van der Waals surface area contributed by atoms with Gasteiger partial charge in [0.2, 0.25) is 0 Å². The van der Waals surface area contributed by atoms with E-state index in [-0.39, 0.29) is 11.6 Å². The molecule has 0 radical (unpaired) electrons. The van der Waals surface area contributed by atoms with E-state index in [0.717, 1.165) is 29.7 Å². The number of aromatic nitrogens is 4. The molecule has 0 aliphatic carbocycles. The zero-order valence-corrected chi connectivity index (χ0v) is 20.6. The maximum atomic E-state index is 12.7. The van der Waals surface area contributed by atoms with Crippen LogP contribution in [0.15, 0.2) is 77.9 Å². The largest absolute Gasteiger partial charge is 0.490 e. The second-order valence-electron chi connectivity index (χ2n) is 8.71. The van der Waals surface area contributed by atoms with Crippen LogP contribution >= 0.6 is 0 Å². The maximum Gasteiger partial charge on any atom is 0.267 e. The molecule has 0 saturated heterocycles. The van der Waals surface area contributed by atoms with Crippen molar-refractivity contribution in [2.75, 3.05) is 27.2 Å². The number of rotatable bonds is 9. The molecule has 0 saturated carbocycles. The summed E-state index contributed by atoms with van der Waals surface area (Å²) in [6, 6.07) is 17.9. The van der Waals surface area contributed by atoms with Crippen molar-refractivity contribution < 1.29 is 4.74 Å². The van der Waals surface area contributed by atoms with E-state index in [1.165, 1.54) is 10.7 Å². The molecular formula is C28H28N6O2. The van der Waals surface area contributed by atoms with Gasteiger partial charge in [0.1, 0.15) is 0 Å². The quantitative estimate of drug-likeness (QED) is 0.252. The molecule has 2 heterocycles. The molecule has 0 aliphatic rings. The Morgan fingerprint density at radius 2 is 1.78 bits per heavy atom. The summed E-state index contributed by atoms with van der Waals surface area (Å²) < 4.78 is 7.19. The predicted molar refractivity (Wildman–Crippen MR) is 140 cm³/mol. The molecule has 0 aliphatic heterocycles. The molecule has 0 bridgehead atoms. The van der Waals surface area contributed by atoms with Gasteiger partial charge in [0.15, 0.2) is 17.3 Å². The van der Waals surface area contributed by atoms with Gasteiger partial charge < -0.3 is 9.64 Å². The fourth-order valence-electron chi connectivity index (χ4n) is 3.78. The lowest BCUT2D eigenvalue weighted by Crippen LogP contribution is -2.26. The topological polar surface area (TPSA) is 77.5 Å². The van der Waals surface area contributed by atoms with Crippen molar-refractivity contribution in [1.82, 2.24) is 24.6 Å². The van der Waals surface area contributed by atoms with Gasteiger partial charge in [-0.15, -0.1) is 0 Å². The minimum absolute atomic E-state index is 0.204. The van der Waals surface area contributed by atoms with E-state index in [9.17, 15) is 4.79 Å². The molecule has 4 aromatic rings. The summed E-state index contributed by atoms with van der Waals surface area (Å²) in [5.41, 5.74) is 3.49. The van der Waals surface area contributed by atoms with Crippen molar-refractivity contribution in [3.05, 3.63) is 100 Å². The minimum Gasteiger partial charge on any atom is -0.490 e. The predicted octanol–water partition coefficient (Wildman–Crippen LogP) is 4.86. The van der Waals surface area contributed by atoms with Gasteiger partial charge in [-0.3, -0.25) is 4.79 Å². The Labute approximate surface area is 210 Å². The van der Waals surface area contributed by atoms with E-state index in [2.05, 4.69) is 24.8 Å². The van der Waals surface area contributed by atoms with Crippen LogP contribution in [0.5, 0.6) is 5.75 Å². The van der Waals surface area contributed by atoms with E-state index in [0.29, 0.717) is 29.6 Å². The zero-order chi connectivity index (χ0) is 25.5. The molecule has 0 N–H and O–H groups in total. The smallest absolute Gasteiger partial charge is 0.267 e. The lowest BCUT2D eigenvalue weighted by atomic mass is 10.0. The Hall–Kier alpha value is -4.35. The first-order chi connectivity index (χ1) is 17.4. The van der Waals surface area contributed by atoms with Gasteiger partial charge in [-0.05, 0) is 56.8 Å². The molecule has 2 aromatic heterocycles. The maximum absolute atomic E-state index is 12.7. The van der Waals surface area contributed by atoms with Crippen molar-refractivity contribution in [2.45, 2.75) is 19.4 Å². The molecular weight excluding hydrogens is 452 g/mol. The molecule has 36 heavy (non-hydrogen) atoms. The van der Waals surface area contributed by atoms with Gasteiger partial charge >= 0.3 is 0 Å². The highest BCUT2D eigenvalue weighted by atomic mass is 16.5. The molecule has 8 heteroatoms. The third-order valence-electron chi connectivity index (χ3n) is 5.74. The number of hydrogen-bond donors (Lipinski definition) is 0. The Bertz CT molecular complexity index is 1420. The second-order valence-corrected chi connectivity index (χ2v) is 8.71. The van der Waals surface area contributed by atoms with Crippen LogP contribution in [0.3, 0.4) is 0 Å². The van der Waals surface area contributed by atoms with Crippen LogP contribution in [0.4, 0.5) is 5.69 Å². The molecule has 1 unspecified atom stereocenters. The molecule has 1 atom stereocenters. The summed E-state index contributed by atoms with van der Waals surface area (Å²) in [7, 11) is 4.07. The van der Waals surface area contributed by atoms with Crippen molar-refractivity contribution >= 4 is 5.69 Å². The third kappa shape index (κ3) is 6.01. The Kier molecular flexibility index (Phi) is 7.83. The van der Waals surface area contributed by atoms with Crippen LogP contribution in [-0.4, -0.2) is 51.9 Å². The molecule has 0 fully saturated rings. The second kappa shape index (κ2) is 11.4. The third-order valence-corrected chi connectivity index (χ3v) is 5.74. The average Bonchev–Trinajstić information content (AvgIpc) is 2.91. The average molecular weight is 481 g/mol. The summed E-state index contributed by atoms with van der Waals surface area (Å²) in [5, 5.41) is 4.61. The van der Waals surface area contributed by atoms with Gasteiger partial charge in [0.25, 0.3) is 5.56 Å². The summed E-state index contributed by atoms with van der Waals surface area (Å²) in [6.07, 6.45) is 4.29. The Morgan fingerprint density at radius 1 is 1.03 bits per heavy atom. The minimum atomic E-state index is -0.319. The van der Waals surface area contributed by atoms with E-state index in [1.54, 1.807) is 30.6 Å². The highest BCUT2D eigenvalue weighted by Gasteiger charge is 2.14. The summed E-state index contributed by atoms with van der Waals surface area (Å²) in [4.78, 5) is 27.2. The van der Waals surface area contributed by atoms with Crippen molar-refractivity contribution in [3.8, 4) is 28.4 Å². The zero-order valence-electron chi connectivity index (χ0n) is 20.6. The fraction of sp³-hybridized carbons (Fsp3) is 0.250. The fourth-order valence-corrected chi connectivity index (χ4v) is 3.78. The van der Waals surface area contributed by atoms with Gasteiger partial charge in [-0.2, -0.15) is 5.10 Å². The number of ether oxygens (including phenoxy) is 1. The van der Waals surface area contributed by atoms with Crippen molar-refractivity contribution in [2.24, 2.45) is 0 Å². The van der Waals surface area contributed by atoms with Gasteiger partial charge in [-0.25, -0.2) is 19.5 Å². The van der Waals surface area contributed by atoms with E-state index in [1.807, 2.05) is 57.4 Å². The van der Waals surface area contributed by atoms with Gasteiger partial charge in [0, 0.05) is 18.2 Å². The standard InChI is InChI=1S/C28H28N6O2/c1-20(34-27(35)13-12-26(32-34)22-9-6-11-24(17-22)29-2)21-8-5-10-23(16-21)28-30-18-25(19-31-28)36-15-7-14-33(3)4/h5-6,8-13,16-20H,7,14-15H2,1,3-4H3. The Morgan fingerprint density at radius 3 is 2.53 bits per heavy atom. The lowest BCUT2D eigenvalue weighted by molar-refractivity contribution is 0.280. The summed E-state index contributed by atoms with van der Waals surface area (Å²) >= 11 is 0.